The van der Waals surface area contributed by atoms with Crippen molar-refractivity contribution in [3.63, 3.8) is 0 Å². The zero-order valence-electron chi connectivity index (χ0n) is 23.4. The maximum Gasteiger partial charge on any atom is 0.347 e. The van der Waals surface area contributed by atoms with Gasteiger partial charge in [-0.1, -0.05) is 0 Å². The molecule has 6 rings (SSSR count). The van der Waals surface area contributed by atoms with E-state index in [4.69, 9.17) is 27.5 Å². The van der Waals surface area contributed by atoms with Crippen molar-refractivity contribution in [2.24, 2.45) is 0 Å². The first kappa shape index (κ1) is 29.5. The number of carbonyl (C=O) groups excluding carboxylic acids is 3. The molecular weight excluding hydrogens is 552 g/mol. The van der Waals surface area contributed by atoms with Crippen LogP contribution in [0.3, 0.4) is 0 Å². The van der Waals surface area contributed by atoms with Gasteiger partial charge in [-0.2, -0.15) is 0 Å². The Bertz CT molecular complexity index is 1880. The van der Waals surface area contributed by atoms with Crippen LogP contribution in [0.4, 0.5) is 0 Å². The number of carbonyl (C=O) groups is 3. The molecule has 0 fully saturated rings. The fraction of sp³-hybridized carbons (Fsp3) is 0.200. The van der Waals surface area contributed by atoms with Gasteiger partial charge in [-0.05, 0) is 78.0 Å². The minimum absolute atomic E-state index is 0.225. The summed E-state index contributed by atoms with van der Waals surface area (Å²) in [6.45, 7) is 9.84. The van der Waals surface area contributed by atoms with Crippen LogP contribution < -0.4 is 16.9 Å². The molecule has 3 aliphatic heterocycles. The number of cyclic esters (lactones) is 3. The van der Waals surface area contributed by atoms with E-state index in [-0.39, 0.29) is 38.8 Å². The highest BCUT2D eigenvalue weighted by Crippen LogP contribution is 2.27. The highest BCUT2D eigenvalue weighted by atomic mass is 16.6. The van der Waals surface area contributed by atoms with Crippen molar-refractivity contribution in [3.05, 3.63) is 119 Å². The summed E-state index contributed by atoms with van der Waals surface area (Å²) in [6.07, 6.45) is 4.64. The first-order valence-electron chi connectivity index (χ1n) is 12.4. The average Bonchev–Trinajstić information content (AvgIpc) is 3.53. The maximum atomic E-state index is 11.4. The molecule has 3 aromatic rings. The first-order valence-corrected chi connectivity index (χ1v) is 12.4. The predicted octanol–water partition coefficient (Wildman–Crippen LogP) is 4.05. The van der Waals surface area contributed by atoms with Crippen LogP contribution in [0.15, 0.2) is 86.7 Å². The Kier molecular flexibility index (Phi) is 8.09. The lowest BCUT2D eigenvalue weighted by Gasteiger charge is -1.97. The van der Waals surface area contributed by atoms with Crippen molar-refractivity contribution >= 4 is 34.4 Å². The molecule has 12 heteroatoms. The van der Waals surface area contributed by atoms with Crippen LogP contribution in [-0.2, 0) is 23.8 Å². The number of fused-ring (bicyclic) bond motifs is 2. The zero-order valence-corrected chi connectivity index (χ0v) is 23.4. The van der Waals surface area contributed by atoms with Gasteiger partial charge in [0.15, 0.2) is 0 Å². The fourth-order valence-corrected chi connectivity index (χ4v) is 4.14. The first-order chi connectivity index (χ1) is 19.8. The molecule has 0 saturated carbocycles. The zero-order chi connectivity index (χ0) is 30.9. The smallest absolute Gasteiger partial charge is 0.347 e. The molecule has 0 aromatic carbocycles. The van der Waals surface area contributed by atoms with Gasteiger partial charge in [0.25, 0.3) is 0 Å². The van der Waals surface area contributed by atoms with Crippen LogP contribution in [-0.4, -0.2) is 17.9 Å². The second-order valence-electron chi connectivity index (χ2n) is 9.21. The van der Waals surface area contributed by atoms with Gasteiger partial charge in [-0.15, -0.1) is 0 Å². The van der Waals surface area contributed by atoms with E-state index in [2.05, 4.69) is 0 Å². The van der Waals surface area contributed by atoms with Crippen LogP contribution in [0.1, 0.15) is 54.0 Å². The summed E-state index contributed by atoms with van der Waals surface area (Å²) in [5.74, 6) is 0.968. The number of allylic oxidation sites excluding steroid dienone is 3. The summed E-state index contributed by atoms with van der Waals surface area (Å²) in [7, 11) is 0. The summed E-state index contributed by atoms with van der Waals surface area (Å²) in [4.78, 5) is 67.9. The second-order valence-corrected chi connectivity index (χ2v) is 9.21. The van der Waals surface area contributed by atoms with Gasteiger partial charge in [0.05, 0.1) is 27.5 Å². The molecule has 6 heterocycles. The molecule has 0 unspecified atom stereocenters. The summed E-state index contributed by atoms with van der Waals surface area (Å²) < 4.78 is 29.1. The van der Waals surface area contributed by atoms with Crippen LogP contribution in [0.2, 0.25) is 0 Å². The van der Waals surface area contributed by atoms with E-state index in [1.165, 1.54) is 30.4 Å². The predicted molar refractivity (Wildman–Crippen MR) is 146 cm³/mol. The average molecular weight is 577 g/mol. The van der Waals surface area contributed by atoms with Crippen molar-refractivity contribution in [3.8, 4) is 0 Å². The largest absolute Gasteiger partial charge is 0.428 e. The number of aryl methyl sites for hydroxylation is 3. The Labute approximate surface area is 236 Å². The summed E-state index contributed by atoms with van der Waals surface area (Å²) in [6, 6.07) is 4.51. The van der Waals surface area contributed by atoms with E-state index in [0.717, 1.165) is 0 Å². The topological polar surface area (TPSA) is 170 Å². The molecule has 0 atom stereocenters. The molecule has 12 nitrogen and oxygen atoms in total. The lowest BCUT2D eigenvalue weighted by atomic mass is 10.1. The summed E-state index contributed by atoms with van der Waals surface area (Å²) >= 11 is 0. The van der Waals surface area contributed by atoms with E-state index in [9.17, 15) is 28.8 Å². The van der Waals surface area contributed by atoms with Crippen LogP contribution in [0, 0.1) is 20.8 Å². The van der Waals surface area contributed by atoms with Gasteiger partial charge in [-0.25, -0.2) is 28.8 Å². The minimum Gasteiger partial charge on any atom is -0.428 e. The molecule has 216 valence electrons. The quantitative estimate of drug-likeness (QED) is 0.214. The van der Waals surface area contributed by atoms with Crippen molar-refractivity contribution < 1.29 is 41.8 Å². The molecule has 42 heavy (non-hydrogen) atoms. The van der Waals surface area contributed by atoms with E-state index < -0.39 is 34.8 Å². The molecule has 3 aliphatic rings. The third kappa shape index (κ3) is 5.97. The van der Waals surface area contributed by atoms with Gasteiger partial charge in [-0.3, -0.25) is 0 Å². The molecule has 0 saturated heterocycles. The highest BCUT2D eigenvalue weighted by molar-refractivity contribution is 6.07. The number of hydrogen-bond acceptors (Lipinski definition) is 12. The molecule has 0 radical (unpaired) electrons. The van der Waals surface area contributed by atoms with E-state index in [1.807, 2.05) is 0 Å². The Hall–Kier alpha value is -5.52. The maximum absolute atomic E-state index is 11.4. The van der Waals surface area contributed by atoms with Gasteiger partial charge >= 0.3 is 34.8 Å². The Morgan fingerprint density at radius 2 is 0.976 bits per heavy atom. The Morgan fingerprint density at radius 3 is 1.38 bits per heavy atom. The third-order valence-corrected chi connectivity index (χ3v) is 5.87. The normalized spacial score (nSPS) is 17.9. The van der Waals surface area contributed by atoms with E-state index >= 15 is 0 Å². The lowest BCUT2D eigenvalue weighted by molar-refractivity contribution is -0.135. The number of hydrogen-bond donors (Lipinski definition) is 0. The highest BCUT2D eigenvalue weighted by Gasteiger charge is 2.30. The van der Waals surface area contributed by atoms with Crippen molar-refractivity contribution in [1.82, 2.24) is 0 Å². The SMILES string of the molecule is C/C=C1\OC(=O)c2cc(C)oc(=O)c21.CC1=C/C(=C2/C=C(C)OC2=O)C(=O)O1.Cc1cc2c(=O)oc(C)cc2c(=O)o1. The molecule has 0 spiro atoms. The van der Waals surface area contributed by atoms with Crippen LogP contribution >= 0.6 is 0 Å². The van der Waals surface area contributed by atoms with Gasteiger partial charge in [0.2, 0.25) is 0 Å². The number of rotatable bonds is 0. The van der Waals surface area contributed by atoms with Crippen LogP contribution in [0.5, 0.6) is 0 Å². The Morgan fingerprint density at radius 1 is 0.548 bits per heavy atom. The molecule has 0 N–H and O–H groups in total. The number of ether oxygens (including phenoxy) is 3. The second kappa shape index (κ2) is 11.5. The Balaban J connectivity index is 0.000000145. The van der Waals surface area contributed by atoms with Crippen molar-refractivity contribution in [2.75, 3.05) is 0 Å². The molecule has 0 bridgehead atoms. The lowest BCUT2D eigenvalue weighted by Crippen LogP contribution is -2.08. The standard InChI is InChI=1S/3C10H8O4/c1-5-3-7-8(9(11)13-5)4-6(2)14-10(7)12;1-5-3-7(9(11)13-5)8-4-6(2)14-10(8)12;1-3-7-8-6(9(11)14-7)4-5(2)13-10(8)12/h3*3-4H,1-2H3/b;8-7+;7-3-. The van der Waals surface area contributed by atoms with Gasteiger partial charge in [0.1, 0.15) is 40.1 Å². The molecule has 0 amide bonds. The summed E-state index contributed by atoms with van der Waals surface area (Å²) in [5, 5.41) is 0.536. The number of esters is 3. The fourth-order valence-electron chi connectivity index (χ4n) is 4.14. The van der Waals surface area contributed by atoms with Crippen molar-refractivity contribution in [1.29, 1.82) is 0 Å². The molecule has 3 aromatic heterocycles. The van der Waals surface area contributed by atoms with Crippen molar-refractivity contribution in [2.45, 2.75) is 41.5 Å². The van der Waals surface area contributed by atoms with Crippen LogP contribution in [0.25, 0.3) is 16.5 Å². The minimum atomic E-state index is -0.529. The summed E-state index contributed by atoms with van der Waals surface area (Å²) in [5.41, 5.74) is -0.491. The van der Waals surface area contributed by atoms with Gasteiger partial charge in [0, 0.05) is 0 Å². The van der Waals surface area contributed by atoms with E-state index in [1.54, 1.807) is 47.6 Å². The third-order valence-electron chi connectivity index (χ3n) is 5.87. The molecule has 0 aliphatic carbocycles. The molecular formula is C30H24O12. The van der Waals surface area contributed by atoms with Gasteiger partial charge < -0.3 is 27.5 Å². The monoisotopic (exact) mass is 576 g/mol. The van der Waals surface area contributed by atoms with E-state index in [0.29, 0.717) is 28.8 Å².